The first-order valence-corrected chi connectivity index (χ1v) is 4.75. The molecule has 0 aromatic heterocycles. The second-order valence-corrected chi connectivity index (χ2v) is 3.36. The fourth-order valence-corrected chi connectivity index (χ4v) is 1.48. The Hall–Kier alpha value is -1.14. The van der Waals surface area contributed by atoms with Crippen LogP contribution >= 0.6 is 24.0 Å². The lowest BCUT2D eigenvalue weighted by Crippen LogP contribution is -1.76. The van der Waals surface area contributed by atoms with Gasteiger partial charge in [-0.15, -0.1) is 0 Å². The van der Waals surface area contributed by atoms with Crippen LogP contribution < -0.4 is 0 Å². The molecule has 0 fully saturated rings. The van der Waals surface area contributed by atoms with Crippen LogP contribution in [0.15, 0.2) is 28.1 Å². The summed E-state index contributed by atoms with van der Waals surface area (Å²) in [6, 6.07) is 5.54. The van der Waals surface area contributed by atoms with Crippen LogP contribution in [-0.4, -0.2) is 5.16 Å². The summed E-state index contributed by atoms with van der Waals surface area (Å²) in [6.07, 6.45) is 0. The van der Waals surface area contributed by atoms with Gasteiger partial charge in [0.05, 0.1) is 10.8 Å². The lowest BCUT2D eigenvalue weighted by molar-refractivity contribution is 1.30. The van der Waals surface area contributed by atoms with Gasteiger partial charge in [0.2, 0.25) is 0 Å². The Morgan fingerprint density at radius 2 is 2.31 bits per heavy atom. The van der Waals surface area contributed by atoms with Gasteiger partial charge in [-0.3, -0.25) is 0 Å². The molecule has 2 nitrogen and oxygen atoms in total. The van der Waals surface area contributed by atoms with Gasteiger partial charge >= 0.3 is 0 Å². The number of nitrogens with zero attached hydrogens (tertiary/aromatic N) is 2. The molecule has 0 amide bonds. The van der Waals surface area contributed by atoms with Crippen molar-refractivity contribution < 1.29 is 0 Å². The molecule has 1 aromatic carbocycles. The number of thioether (sulfide) groups is 1. The van der Waals surface area contributed by atoms with E-state index in [4.69, 9.17) is 5.26 Å². The number of thiocyanates is 1. The monoisotopic (exact) mass is 206 g/mol. The van der Waals surface area contributed by atoms with E-state index in [0.717, 1.165) is 27.9 Å². The van der Waals surface area contributed by atoms with Gasteiger partial charge in [0.1, 0.15) is 5.40 Å². The first-order chi connectivity index (χ1) is 6.27. The van der Waals surface area contributed by atoms with Crippen molar-refractivity contribution >= 4 is 34.8 Å². The summed E-state index contributed by atoms with van der Waals surface area (Å²) < 4.78 is 0. The lowest BCUT2D eigenvalue weighted by Gasteiger charge is -1.99. The summed E-state index contributed by atoms with van der Waals surface area (Å²) in [5, 5.41) is 12.8. The van der Waals surface area contributed by atoms with E-state index in [2.05, 4.69) is 22.4 Å². The third-order valence-electron chi connectivity index (χ3n) is 1.49. The summed E-state index contributed by atoms with van der Waals surface area (Å²) in [7, 11) is 0. The molecule has 0 N–H and O–H groups in total. The van der Waals surface area contributed by atoms with Gasteiger partial charge in [-0.1, -0.05) is 0 Å². The SMILES string of the molecule is Cc1cc(N=C=S)ccc1SC#N. The van der Waals surface area contributed by atoms with Gasteiger partial charge in [-0.25, -0.2) is 0 Å². The Morgan fingerprint density at radius 3 is 2.85 bits per heavy atom. The van der Waals surface area contributed by atoms with Crippen LogP contribution in [-0.2, 0) is 0 Å². The maximum Gasteiger partial charge on any atom is 0.138 e. The van der Waals surface area contributed by atoms with Crippen LogP contribution in [0.3, 0.4) is 0 Å². The molecule has 0 aliphatic carbocycles. The summed E-state index contributed by atoms with van der Waals surface area (Å²) in [5.74, 6) is 0. The molecule has 4 heteroatoms. The number of hydrogen-bond acceptors (Lipinski definition) is 4. The highest BCUT2D eigenvalue weighted by Crippen LogP contribution is 2.25. The normalized spacial score (nSPS) is 8.62. The van der Waals surface area contributed by atoms with E-state index in [9.17, 15) is 0 Å². The Labute approximate surface area is 86.3 Å². The molecule has 0 radical (unpaired) electrons. The number of isothiocyanates is 1. The number of benzene rings is 1. The van der Waals surface area contributed by atoms with Crippen molar-refractivity contribution in [3.05, 3.63) is 23.8 Å². The predicted molar refractivity (Wildman–Crippen MR) is 57.3 cm³/mol. The number of nitriles is 1. The summed E-state index contributed by atoms with van der Waals surface area (Å²) in [5.41, 5.74) is 1.80. The Morgan fingerprint density at radius 1 is 1.54 bits per heavy atom. The Kier molecular flexibility index (Phi) is 3.66. The molecule has 0 spiro atoms. The van der Waals surface area contributed by atoms with Gasteiger partial charge in [0, 0.05) is 4.90 Å². The predicted octanol–water partition coefficient (Wildman–Crippen LogP) is 3.30. The molecule has 0 bridgehead atoms. The third kappa shape index (κ3) is 2.67. The molecular formula is C9H6N2S2. The van der Waals surface area contributed by atoms with Crippen LogP contribution in [0.2, 0.25) is 0 Å². The Balaban J connectivity index is 3.06. The molecular weight excluding hydrogens is 200 g/mol. The van der Waals surface area contributed by atoms with Crippen LogP contribution in [0.5, 0.6) is 0 Å². The highest BCUT2D eigenvalue weighted by Gasteiger charge is 1.98. The zero-order chi connectivity index (χ0) is 9.68. The van der Waals surface area contributed by atoms with Crippen LogP contribution in [0.1, 0.15) is 5.56 Å². The third-order valence-corrected chi connectivity index (χ3v) is 2.35. The molecule has 1 rings (SSSR count). The van der Waals surface area contributed by atoms with E-state index in [-0.39, 0.29) is 0 Å². The topological polar surface area (TPSA) is 36.1 Å². The second-order valence-electron chi connectivity index (χ2n) is 2.35. The molecule has 0 aliphatic rings. The minimum Gasteiger partial charge on any atom is -0.195 e. The van der Waals surface area contributed by atoms with Gasteiger partial charge < -0.3 is 0 Å². The fourth-order valence-electron chi connectivity index (χ4n) is 0.920. The smallest absolute Gasteiger partial charge is 0.138 e. The van der Waals surface area contributed by atoms with Gasteiger partial charge in [-0.05, 0) is 54.7 Å². The number of aliphatic imine (C=N–C) groups is 1. The largest absolute Gasteiger partial charge is 0.195 e. The number of thiocarbonyl (C=S) groups is 1. The zero-order valence-electron chi connectivity index (χ0n) is 6.94. The van der Waals surface area contributed by atoms with Crippen LogP contribution in [0.4, 0.5) is 5.69 Å². The standard InChI is InChI=1S/C9H6N2S2/c1-7-4-8(11-6-12)2-3-9(7)13-5-10/h2-4H,1H3. The molecule has 0 saturated carbocycles. The summed E-state index contributed by atoms with van der Waals surface area (Å²) in [4.78, 5) is 4.79. The van der Waals surface area contributed by atoms with Crippen LogP contribution in [0, 0.1) is 17.6 Å². The molecule has 1 aromatic rings. The van der Waals surface area contributed by atoms with Crippen molar-refractivity contribution in [1.82, 2.24) is 0 Å². The first-order valence-electron chi connectivity index (χ1n) is 3.52. The summed E-state index contributed by atoms with van der Waals surface area (Å²) >= 11 is 5.63. The van der Waals surface area contributed by atoms with Crippen molar-refractivity contribution in [3.8, 4) is 5.40 Å². The van der Waals surface area contributed by atoms with E-state index in [1.807, 2.05) is 30.5 Å². The van der Waals surface area contributed by atoms with Crippen molar-refractivity contribution in [2.75, 3.05) is 0 Å². The molecule has 0 saturated heterocycles. The second kappa shape index (κ2) is 4.78. The minimum absolute atomic E-state index is 0.773. The molecule has 13 heavy (non-hydrogen) atoms. The first kappa shape index (κ1) is 9.94. The molecule has 0 aliphatic heterocycles. The van der Waals surface area contributed by atoms with Gasteiger partial charge in [-0.2, -0.15) is 10.3 Å². The number of aryl methyl sites for hydroxylation is 1. The van der Waals surface area contributed by atoms with Crippen molar-refractivity contribution in [2.24, 2.45) is 4.99 Å². The average Bonchev–Trinajstić information content (AvgIpc) is 2.10. The maximum atomic E-state index is 8.48. The Bertz CT molecular complexity index is 401. The van der Waals surface area contributed by atoms with Gasteiger partial charge in [0.25, 0.3) is 0 Å². The number of hydrogen-bond donors (Lipinski definition) is 0. The zero-order valence-corrected chi connectivity index (χ0v) is 8.58. The van der Waals surface area contributed by atoms with Crippen LogP contribution in [0.25, 0.3) is 0 Å². The molecule has 0 atom stereocenters. The fraction of sp³-hybridized carbons (Fsp3) is 0.111. The van der Waals surface area contributed by atoms with E-state index in [1.165, 1.54) is 0 Å². The highest BCUT2D eigenvalue weighted by atomic mass is 32.2. The van der Waals surface area contributed by atoms with Crippen molar-refractivity contribution in [1.29, 1.82) is 5.26 Å². The highest BCUT2D eigenvalue weighted by molar-refractivity contribution is 8.03. The molecule has 0 heterocycles. The number of rotatable bonds is 2. The average molecular weight is 206 g/mol. The quantitative estimate of drug-likeness (QED) is 0.322. The lowest BCUT2D eigenvalue weighted by atomic mass is 10.2. The van der Waals surface area contributed by atoms with E-state index in [0.29, 0.717) is 0 Å². The molecule has 64 valence electrons. The molecule has 0 unspecified atom stereocenters. The van der Waals surface area contributed by atoms with E-state index < -0.39 is 0 Å². The maximum absolute atomic E-state index is 8.48. The van der Waals surface area contributed by atoms with Gasteiger partial charge in [0.15, 0.2) is 0 Å². The van der Waals surface area contributed by atoms with Crippen molar-refractivity contribution in [3.63, 3.8) is 0 Å². The minimum atomic E-state index is 0.773. The van der Waals surface area contributed by atoms with E-state index >= 15 is 0 Å². The van der Waals surface area contributed by atoms with Crippen molar-refractivity contribution in [2.45, 2.75) is 11.8 Å². The summed E-state index contributed by atoms with van der Waals surface area (Å²) in [6.45, 7) is 1.93. The van der Waals surface area contributed by atoms with E-state index in [1.54, 1.807) is 0 Å².